The van der Waals surface area contributed by atoms with Crippen molar-refractivity contribution in [3.8, 4) is 0 Å². The summed E-state index contributed by atoms with van der Waals surface area (Å²) in [6.07, 6.45) is -0.0367. The van der Waals surface area contributed by atoms with E-state index >= 15 is 0 Å². The Kier molecular flexibility index (Phi) is 10.7. The standard InChI is InChI=1S/C26H39N3O4S/c1-5-20(4)25(27)26(31)28-23(16-21-12-8-6-9-13-21)24(30)18-29(17-19(2)3)34(32,33)22-14-10-7-11-15-22/h6-15,19-20,23-25,30H,5,16-18,27H2,1-4H3,(H,28,31)/t20-,23-,24+,25-/m0/s1. The second kappa shape index (κ2) is 13.0. The highest BCUT2D eigenvalue weighted by Crippen LogP contribution is 2.19. The lowest BCUT2D eigenvalue weighted by Gasteiger charge is -2.31. The maximum atomic E-state index is 13.4. The second-order valence-electron chi connectivity index (χ2n) is 9.31. The Balaban J connectivity index is 2.31. The van der Waals surface area contributed by atoms with Gasteiger partial charge in [-0.2, -0.15) is 4.31 Å². The van der Waals surface area contributed by atoms with Crippen LogP contribution in [0.3, 0.4) is 0 Å². The van der Waals surface area contributed by atoms with Crippen LogP contribution in [0.4, 0.5) is 0 Å². The minimum atomic E-state index is -3.82. The molecule has 0 saturated carbocycles. The molecule has 4 atom stereocenters. The number of amides is 1. The Labute approximate surface area is 204 Å². The third-order valence-corrected chi connectivity index (χ3v) is 7.84. The molecule has 1 amide bonds. The van der Waals surface area contributed by atoms with Crippen molar-refractivity contribution in [3.63, 3.8) is 0 Å². The van der Waals surface area contributed by atoms with Crippen molar-refractivity contribution in [2.75, 3.05) is 13.1 Å². The van der Waals surface area contributed by atoms with Crippen molar-refractivity contribution in [2.24, 2.45) is 17.6 Å². The van der Waals surface area contributed by atoms with E-state index < -0.39 is 28.2 Å². The molecule has 0 heterocycles. The van der Waals surface area contributed by atoms with Crippen LogP contribution in [0.5, 0.6) is 0 Å². The summed E-state index contributed by atoms with van der Waals surface area (Å²) in [7, 11) is -3.82. The highest BCUT2D eigenvalue weighted by molar-refractivity contribution is 7.89. The molecule has 0 radical (unpaired) electrons. The Morgan fingerprint density at radius 3 is 2.09 bits per heavy atom. The van der Waals surface area contributed by atoms with E-state index in [-0.39, 0.29) is 35.7 Å². The predicted molar refractivity (Wildman–Crippen MR) is 136 cm³/mol. The van der Waals surface area contributed by atoms with E-state index in [0.29, 0.717) is 6.42 Å². The molecule has 8 heteroatoms. The summed E-state index contributed by atoms with van der Waals surface area (Å²) < 4.78 is 28.0. The van der Waals surface area contributed by atoms with Crippen LogP contribution in [0.1, 0.15) is 39.7 Å². The zero-order chi connectivity index (χ0) is 25.3. The lowest BCUT2D eigenvalue weighted by molar-refractivity contribution is -0.125. The first-order valence-electron chi connectivity index (χ1n) is 11.9. The van der Waals surface area contributed by atoms with Gasteiger partial charge in [-0.1, -0.05) is 82.6 Å². The summed E-state index contributed by atoms with van der Waals surface area (Å²) >= 11 is 0. The maximum Gasteiger partial charge on any atom is 0.243 e. The van der Waals surface area contributed by atoms with Crippen LogP contribution in [0, 0.1) is 11.8 Å². The number of rotatable bonds is 13. The van der Waals surface area contributed by atoms with Gasteiger partial charge in [-0.15, -0.1) is 0 Å². The fourth-order valence-electron chi connectivity index (χ4n) is 3.70. The summed E-state index contributed by atoms with van der Waals surface area (Å²) in [5, 5.41) is 14.1. The second-order valence-corrected chi connectivity index (χ2v) is 11.3. The Morgan fingerprint density at radius 2 is 1.56 bits per heavy atom. The summed E-state index contributed by atoms with van der Waals surface area (Å²) in [4.78, 5) is 13.0. The summed E-state index contributed by atoms with van der Waals surface area (Å²) in [6.45, 7) is 7.82. The lowest BCUT2D eigenvalue weighted by Crippen LogP contribution is -2.55. The molecule has 188 valence electrons. The molecule has 0 unspecified atom stereocenters. The third kappa shape index (κ3) is 7.91. The molecular weight excluding hydrogens is 450 g/mol. The van der Waals surface area contributed by atoms with Crippen LogP contribution in [0.25, 0.3) is 0 Å². The number of nitrogens with zero attached hydrogens (tertiary/aromatic N) is 1. The van der Waals surface area contributed by atoms with E-state index in [0.717, 1.165) is 12.0 Å². The third-order valence-electron chi connectivity index (χ3n) is 5.99. The van der Waals surface area contributed by atoms with E-state index in [1.54, 1.807) is 30.3 Å². The van der Waals surface area contributed by atoms with Gasteiger partial charge in [0.2, 0.25) is 15.9 Å². The summed E-state index contributed by atoms with van der Waals surface area (Å²) in [5.41, 5.74) is 7.05. The Morgan fingerprint density at radius 1 is 1.00 bits per heavy atom. The van der Waals surface area contributed by atoms with E-state index in [1.165, 1.54) is 4.31 Å². The van der Waals surface area contributed by atoms with Crippen molar-refractivity contribution in [2.45, 2.75) is 63.6 Å². The normalized spacial score (nSPS) is 15.6. The fourth-order valence-corrected chi connectivity index (χ4v) is 5.34. The van der Waals surface area contributed by atoms with Crippen molar-refractivity contribution in [1.29, 1.82) is 0 Å². The van der Waals surface area contributed by atoms with Crippen LogP contribution in [-0.4, -0.2) is 55.0 Å². The van der Waals surface area contributed by atoms with Gasteiger partial charge >= 0.3 is 0 Å². The molecule has 34 heavy (non-hydrogen) atoms. The average Bonchev–Trinajstić information content (AvgIpc) is 2.82. The minimum Gasteiger partial charge on any atom is -0.390 e. The molecule has 0 fully saturated rings. The molecule has 7 nitrogen and oxygen atoms in total. The van der Waals surface area contributed by atoms with Crippen molar-refractivity contribution < 1.29 is 18.3 Å². The number of hydrogen-bond acceptors (Lipinski definition) is 5. The first-order chi connectivity index (χ1) is 16.1. The highest BCUT2D eigenvalue weighted by Gasteiger charge is 2.32. The zero-order valence-electron chi connectivity index (χ0n) is 20.6. The fraction of sp³-hybridized carbons (Fsp3) is 0.500. The van der Waals surface area contributed by atoms with Gasteiger partial charge in [0.05, 0.1) is 23.1 Å². The number of benzene rings is 2. The number of aliphatic hydroxyl groups is 1. The van der Waals surface area contributed by atoms with Gasteiger partial charge in [-0.25, -0.2) is 8.42 Å². The number of nitrogens with two attached hydrogens (primary N) is 1. The molecule has 0 bridgehead atoms. The van der Waals surface area contributed by atoms with Crippen LogP contribution in [0.2, 0.25) is 0 Å². The van der Waals surface area contributed by atoms with Gasteiger partial charge < -0.3 is 16.2 Å². The molecule has 2 rings (SSSR count). The summed E-state index contributed by atoms with van der Waals surface area (Å²) in [5.74, 6) is -0.326. The smallest absolute Gasteiger partial charge is 0.243 e. The van der Waals surface area contributed by atoms with E-state index in [2.05, 4.69) is 5.32 Å². The molecule has 2 aromatic rings. The number of carbonyl (C=O) groups excluding carboxylic acids is 1. The van der Waals surface area contributed by atoms with Gasteiger partial charge in [0.1, 0.15) is 0 Å². The van der Waals surface area contributed by atoms with Gasteiger partial charge in [-0.3, -0.25) is 4.79 Å². The first-order valence-corrected chi connectivity index (χ1v) is 13.3. The highest BCUT2D eigenvalue weighted by atomic mass is 32.2. The van der Waals surface area contributed by atoms with Gasteiger partial charge in [0, 0.05) is 13.1 Å². The first kappa shape index (κ1) is 28.0. The van der Waals surface area contributed by atoms with Crippen LogP contribution < -0.4 is 11.1 Å². The van der Waals surface area contributed by atoms with Crippen molar-refractivity contribution >= 4 is 15.9 Å². The maximum absolute atomic E-state index is 13.4. The largest absolute Gasteiger partial charge is 0.390 e. The lowest BCUT2D eigenvalue weighted by atomic mass is 9.97. The summed E-state index contributed by atoms with van der Waals surface area (Å²) in [6, 6.07) is 16.3. The molecule has 0 spiro atoms. The molecule has 0 aliphatic rings. The number of sulfonamides is 1. The Hall–Kier alpha value is -2.26. The molecule has 0 aromatic heterocycles. The Bertz CT molecular complexity index is 984. The average molecular weight is 490 g/mol. The van der Waals surface area contributed by atoms with Gasteiger partial charge in [0.15, 0.2) is 0 Å². The molecule has 0 aliphatic heterocycles. The SMILES string of the molecule is CC[C@H](C)[C@H](N)C(=O)N[C@@H](Cc1ccccc1)[C@H](O)CN(CC(C)C)S(=O)(=O)c1ccccc1. The number of aliphatic hydroxyl groups excluding tert-OH is 1. The van der Waals surface area contributed by atoms with Crippen LogP contribution in [-0.2, 0) is 21.2 Å². The molecule has 0 aliphatic carbocycles. The van der Waals surface area contributed by atoms with Crippen LogP contribution in [0.15, 0.2) is 65.6 Å². The predicted octanol–water partition coefficient (Wildman–Crippen LogP) is 2.80. The molecule has 4 N–H and O–H groups in total. The number of nitrogens with one attached hydrogen (secondary N) is 1. The number of hydrogen-bond donors (Lipinski definition) is 3. The minimum absolute atomic E-state index is 0.0228. The van der Waals surface area contributed by atoms with Gasteiger partial charge in [-0.05, 0) is 36.0 Å². The molecular formula is C26H39N3O4S. The number of carbonyl (C=O) groups is 1. The molecule has 0 saturated heterocycles. The van der Waals surface area contributed by atoms with Crippen LogP contribution >= 0.6 is 0 Å². The quantitative estimate of drug-likeness (QED) is 0.400. The van der Waals surface area contributed by atoms with Gasteiger partial charge in [0.25, 0.3) is 0 Å². The zero-order valence-corrected chi connectivity index (χ0v) is 21.4. The topological polar surface area (TPSA) is 113 Å². The monoisotopic (exact) mass is 489 g/mol. The van der Waals surface area contributed by atoms with Crippen molar-refractivity contribution in [1.82, 2.24) is 9.62 Å². The van der Waals surface area contributed by atoms with E-state index in [9.17, 15) is 18.3 Å². The van der Waals surface area contributed by atoms with E-state index in [4.69, 9.17) is 5.73 Å². The van der Waals surface area contributed by atoms with E-state index in [1.807, 2.05) is 58.0 Å². The molecule has 2 aromatic carbocycles. The van der Waals surface area contributed by atoms with Crippen molar-refractivity contribution in [3.05, 3.63) is 66.2 Å².